The molecule has 0 aromatic carbocycles. The van der Waals surface area contributed by atoms with Gasteiger partial charge in [-0.05, 0) is 31.1 Å². The van der Waals surface area contributed by atoms with Crippen LogP contribution < -0.4 is 0 Å². The molecule has 0 spiro atoms. The number of carboxylic acid groups (broad SMARTS) is 1. The Morgan fingerprint density at radius 3 is 2.17 bits per heavy atom. The number of rotatable bonds is 1. The molecule has 0 heterocycles. The minimum absolute atomic E-state index is 0.0683. The second-order valence-electron chi connectivity index (χ2n) is 3.92. The van der Waals surface area contributed by atoms with Gasteiger partial charge in [-0.25, -0.2) is 4.79 Å². The van der Waals surface area contributed by atoms with Gasteiger partial charge >= 0.3 is 6.16 Å². The number of hydrogen-bond donors (Lipinski definition) is 1. The lowest BCUT2D eigenvalue weighted by Crippen LogP contribution is -2.27. The maximum atomic E-state index is 10.3. The number of ether oxygens (including phenoxy) is 1. The normalized spacial score (nSPS) is 36.0. The summed E-state index contributed by atoms with van der Waals surface area (Å²) in [5.74, 6) is 1.19. The molecule has 1 rings (SSSR count). The molecule has 0 bridgehead atoms. The van der Waals surface area contributed by atoms with Gasteiger partial charge in [0.1, 0.15) is 6.10 Å². The molecule has 3 heteroatoms. The zero-order valence-corrected chi connectivity index (χ0v) is 7.62. The lowest BCUT2D eigenvalue weighted by molar-refractivity contribution is 0.0155. The van der Waals surface area contributed by atoms with E-state index < -0.39 is 6.16 Å². The van der Waals surface area contributed by atoms with Crippen LogP contribution in [0.4, 0.5) is 4.79 Å². The summed E-state index contributed by atoms with van der Waals surface area (Å²) in [5.41, 5.74) is 0. The zero-order chi connectivity index (χ0) is 9.14. The van der Waals surface area contributed by atoms with Gasteiger partial charge < -0.3 is 9.84 Å². The molecule has 2 atom stereocenters. The molecule has 1 aliphatic carbocycles. The Labute approximate surface area is 72.7 Å². The van der Waals surface area contributed by atoms with Gasteiger partial charge in [-0.1, -0.05) is 13.8 Å². The molecule has 12 heavy (non-hydrogen) atoms. The van der Waals surface area contributed by atoms with Crippen molar-refractivity contribution in [1.82, 2.24) is 0 Å². The standard InChI is InChI=1S/C9H16O3/c1-6-3-7(2)5-8(4-6)12-9(10)11/h6-8H,3-5H2,1-2H3,(H,10,11). The van der Waals surface area contributed by atoms with Gasteiger partial charge in [0.15, 0.2) is 0 Å². The molecule has 0 aromatic heterocycles. The number of hydrogen-bond acceptors (Lipinski definition) is 2. The fourth-order valence-corrected chi connectivity index (χ4v) is 2.11. The monoisotopic (exact) mass is 172 g/mol. The molecule has 70 valence electrons. The predicted molar refractivity (Wildman–Crippen MR) is 45.1 cm³/mol. The molecule has 0 amide bonds. The maximum Gasteiger partial charge on any atom is 0.506 e. The van der Waals surface area contributed by atoms with Crippen molar-refractivity contribution in [2.75, 3.05) is 0 Å². The average molecular weight is 172 g/mol. The fourth-order valence-electron chi connectivity index (χ4n) is 2.11. The summed E-state index contributed by atoms with van der Waals surface area (Å²) in [6, 6.07) is 0. The topological polar surface area (TPSA) is 46.5 Å². The van der Waals surface area contributed by atoms with E-state index in [9.17, 15) is 4.79 Å². The molecule has 2 unspecified atom stereocenters. The highest BCUT2D eigenvalue weighted by atomic mass is 16.7. The third kappa shape index (κ3) is 2.72. The molecular weight excluding hydrogens is 156 g/mol. The molecule has 0 saturated heterocycles. The van der Waals surface area contributed by atoms with Gasteiger partial charge in [0, 0.05) is 0 Å². The van der Waals surface area contributed by atoms with E-state index in [1.54, 1.807) is 0 Å². The first kappa shape index (κ1) is 9.36. The third-order valence-electron chi connectivity index (χ3n) is 2.40. The summed E-state index contributed by atoms with van der Waals surface area (Å²) in [5, 5.41) is 8.42. The summed E-state index contributed by atoms with van der Waals surface area (Å²) in [7, 11) is 0. The van der Waals surface area contributed by atoms with Crippen molar-refractivity contribution < 1.29 is 14.6 Å². The molecule has 1 aliphatic rings. The van der Waals surface area contributed by atoms with Crippen molar-refractivity contribution in [3.05, 3.63) is 0 Å². The van der Waals surface area contributed by atoms with E-state index in [2.05, 4.69) is 13.8 Å². The van der Waals surface area contributed by atoms with Crippen LogP contribution in [0.1, 0.15) is 33.1 Å². The summed E-state index contributed by atoms with van der Waals surface area (Å²) >= 11 is 0. The molecule has 0 radical (unpaired) electrons. The van der Waals surface area contributed by atoms with Crippen molar-refractivity contribution in [3.63, 3.8) is 0 Å². The Kier molecular flexibility index (Phi) is 2.95. The SMILES string of the molecule is CC1CC(C)CC(OC(=O)O)C1. The maximum absolute atomic E-state index is 10.3. The van der Waals surface area contributed by atoms with Gasteiger partial charge in [0.2, 0.25) is 0 Å². The van der Waals surface area contributed by atoms with E-state index in [1.165, 1.54) is 6.42 Å². The zero-order valence-electron chi connectivity index (χ0n) is 7.62. The molecule has 3 nitrogen and oxygen atoms in total. The van der Waals surface area contributed by atoms with E-state index in [1.807, 2.05) is 0 Å². The van der Waals surface area contributed by atoms with Crippen LogP contribution in [-0.2, 0) is 4.74 Å². The van der Waals surface area contributed by atoms with Crippen LogP contribution in [0.5, 0.6) is 0 Å². The van der Waals surface area contributed by atoms with Gasteiger partial charge in [0.25, 0.3) is 0 Å². The number of carbonyl (C=O) groups is 1. The Morgan fingerprint density at radius 1 is 1.25 bits per heavy atom. The minimum atomic E-state index is -1.14. The van der Waals surface area contributed by atoms with Crippen molar-refractivity contribution in [2.24, 2.45) is 11.8 Å². The Morgan fingerprint density at radius 2 is 1.75 bits per heavy atom. The van der Waals surface area contributed by atoms with Crippen molar-refractivity contribution in [2.45, 2.75) is 39.2 Å². The van der Waals surface area contributed by atoms with Crippen LogP contribution in [-0.4, -0.2) is 17.4 Å². The van der Waals surface area contributed by atoms with Crippen LogP contribution in [0, 0.1) is 11.8 Å². The highest BCUT2D eigenvalue weighted by Gasteiger charge is 2.26. The van der Waals surface area contributed by atoms with E-state index in [4.69, 9.17) is 9.84 Å². The first-order chi connectivity index (χ1) is 5.58. The van der Waals surface area contributed by atoms with Gasteiger partial charge in [0.05, 0.1) is 0 Å². The van der Waals surface area contributed by atoms with E-state index >= 15 is 0 Å². The minimum Gasteiger partial charge on any atom is -0.450 e. The molecule has 0 aliphatic heterocycles. The van der Waals surface area contributed by atoms with Crippen LogP contribution in [0.25, 0.3) is 0 Å². The van der Waals surface area contributed by atoms with E-state index in [0.717, 1.165) is 12.8 Å². The van der Waals surface area contributed by atoms with Crippen LogP contribution in [0.3, 0.4) is 0 Å². The van der Waals surface area contributed by atoms with Crippen molar-refractivity contribution in [1.29, 1.82) is 0 Å². The smallest absolute Gasteiger partial charge is 0.450 e. The molecule has 0 aromatic rings. The third-order valence-corrected chi connectivity index (χ3v) is 2.40. The first-order valence-corrected chi connectivity index (χ1v) is 4.47. The first-order valence-electron chi connectivity index (χ1n) is 4.47. The Balaban J connectivity index is 2.38. The summed E-state index contributed by atoms with van der Waals surface area (Å²) < 4.78 is 4.75. The fraction of sp³-hybridized carbons (Fsp3) is 0.889. The average Bonchev–Trinajstić information content (AvgIpc) is 1.81. The van der Waals surface area contributed by atoms with Gasteiger partial charge in [-0.15, -0.1) is 0 Å². The predicted octanol–water partition coefficient (Wildman–Crippen LogP) is 2.51. The van der Waals surface area contributed by atoms with Crippen LogP contribution in [0.2, 0.25) is 0 Å². The second kappa shape index (κ2) is 3.78. The van der Waals surface area contributed by atoms with E-state index in [0.29, 0.717) is 11.8 Å². The van der Waals surface area contributed by atoms with Gasteiger partial charge in [-0.2, -0.15) is 0 Å². The van der Waals surface area contributed by atoms with Crippen LogP contribution >= 0.6 is 0 Å². The van der Waals surface area contributed by atoms with Crippen LogP contribution in [0.15, 0.2) is 0 Å². The van der Waals surface area contributed by atoms with E-state index in [-0.39, 0.29) is 6.10 Å². The lowest BCUT2D eigenvalue weighted by Gasteiger charge is -2.30. The molecule has 1 saturated carbocycles. The van der Waals surface area contributed by atoms with Crippen molar-refractivity contribution in [3.8, 4) is 0 Å². The van der Waals surface area contributed by atoms with Gasteiger partial charge in [-0.3, -0.25) is 0 Å². The molecule has 1 fully saturated rings. The highest BCUT2D eigenvalue weighted by Crippen LogP contribution is 2.30. The second-order valence-corrected chi connectivity index (χ2v) is 3.92. The summed E-state index contributed by atoms with van der Waals surface area (Å²) in [6.45, 7) is 4.29. The summed E-state index contributed by atoms with van der Waals surface area (Å²) in [6.07, 6.45) is 1.76. The summed E-state index contributed by atoms with van der Waals surface area (Å²) in [4.78, 5) is 10.3. The molecule has 1 N–H and O–H groups in total. The lowest BCUT2D eigenvalue weighted by atomic mass is 9.82. The quantitative estimate of drug-likeness (QED) is 0.618. The highest BCUT2D eigenvalue weighted by molar-refractivity contribution is 5.57. The molecular formula is C9H16O3. The largest absolute Gasteiger partial charge is 0.506 e. The Hall–Kier alpha value is -0.730. The Bertz CT molecular complexity index is 157. The van der Waals surface area contributed by atoms with Crippen molar-refractivity contribution >= 4 is 6.16 Å².